The summed E-state index contributed by atoms with van der Waals surface area (Å²) < 4.78 is 6.06. The van der Waals surface area contributed by atoms with Gasteiger partial charge >= 0.3 is 0 Å². The lowest BCUT2D eigenvalue weighted by Gasteiger charge is -2.35. The zero-order chi connectivity index (χ0) is 32.0. The van der Waals surface area contributed by atoms with E-state index in [1.54, 1.807) is 24.3 Å². The first-order valence-electron chi connectivity index (χ1n) is 15.8. The van der Waals surface area contributed by atoms with E-state index in [2.05, 4.69) is 42.8 Å². The number of aromatic nitrogens is 2. The van der Waals surface area contributed by atoms with E-state index >= 15 is 0 Å². The number of halogens is 1. The summed E-state index contributed by atoms with van der Waals surface area (Å²) in [7, 11) is 0. The van der Waals surface area contributed by atoms with Crippen LogP contribution in [0.15, 0.2) is 54.6 Å². The van der Waals surface area contributed by atoms with Crippen molar-refractivity contribution in [1.82, 2.24) is 25.7 Å². The highest BCUT2D eigenvalue weighted by atomic mass is 35.5. The second-order valence-electron chi connectivity index (χ2n) is 12.1. The van der Waals surface area contributed by atoms with Crippen LogP contribution in [0.5, 0.6) is 5.75 Å². The van der Waals surface area contributed by atoms with E-state index in [0.717, 1.165) is 75.4 Å². The molecule has 3 fully saturated rings. The Morgan fingerprint density at radius 1 is 1.00 bits per heavy atom. The Bertz CT molecular complexity index is 1630. The quantitative estimate of drug-likeness (QED) is 0.350. The van der Waals surface area contributed by atoms with E-state index in [1.165, 1.54) is 0 Å². The number of hydrogen-bond acceptors (Lipinski definition) is 9. The maximum Gasteiger partial charge on any atom is 0.272 e. The number of piperidine rings is 1. The van der Waals surface area contributed by atoms with E-state index in [9.17, 15) is 14.4 Å². The molecule has 12 heteroatoms. The molecule has 1 atom stereocenters. The Hall–Kier alpha value is -4.53. The second-order valence-corrected chi connectivity index (χ2v) is 12.5. The lowest BCUT2D eigenvalue weighted by Crippen LogP contribution is -2.46. The number of carbonyl (C=O) groups is 3. The zero-order valence-electron chi connectivity index (χ0n) is 25.5. The highest BCUT2D eigenvalue weighted by molar-refractivity contribution is 6.31. The molecule has 1 aromatic heterocycles. The Morgan fingerprint density at radius 3 is 2.50 bits per heavy atom. The molecule has 3 amide bonds. The standard InChI is InChI=1S/C34H36ClN7O4/c35-29-19-27(7-4-24(29)20-36)46-26-8-5-25(6-9-26)37-34(45)30-11-12-31(40-39-30)42-16-14-41(15-17-42)21-22-2-1-3-23(18-22)28-10-13-32(43)38-33(28)44/h1-4,7,11-12,18-19,25-26,28H,5-6,8-10,13-17,21H2,(H,37,45)(H,38,43,44). The van der Waals surface area contributed by atoms with Gasteiger partial charge < -0.3 is 15.0 Å². The van der Waals surface area contributed by atoms with Crippen LogP contribution in [0.2, 0.25) is 5.02 Å². The topological polar surface area (TPSA) is 141 Å². The van der Waals surface area contributed by atoms with Crippen LogP contribution in [0.25, 0.3) is 0 Å². The third kappa shape index (κ3) is 7.63. The maximum atomic E-state index is 12.9. The van der Waals surface area contributed by atoms with Crippen molar-refractivity contribution in [2.75, 3.05) is 31.1 Å². The highest BCUT2D eigenvalue weighted by Crippen LogP contribution is 2.28. The van der Waals surface area contributed by atoms with Crippen LogP contribution < -0.4 is 20.3 Å². The van der Waals surface area contributed by atoms with E-state index in [0.29, 0.717) is 34.9 Å². The summed E-state index contributed by atoms with van der Waals surface area (Å²) in [6, 6.07) is 18.8. The van der Waals surface area contributed by atoms with Crippen LogP contribution in [-0.2, 0) is 16.1 Å². The van der Waals surface area contributed by atoms with Crippen molar-refractivity contribution in [2.24, 2.45) is 0 Å². The molecule has 2 saturated heterocycles. The average molecular weight is 642 g/mol. The van der Waals surface area contributed by atoms with Gasteiger partial charge in [-0.2, -0.15) is 5.26 Å². The Kier molecular flexibility index (Phi) is 9.76. The Labute approximate surface area is 272 Å². The van der Waals surface area contributed by atoms with Gasteiger partial charge in [-0.3, -0.25) is 24.6 Å². The molecule has 3 heterocycles. The smallest absolute Gasteiger partial charge is 0.272 e. The molecule has 0 spiro atoms. The minimum Gasteiger partial charge on any atom is -0.490 e. The second kappa shape index (κ2) is 14.3. The molecule has 1 saturated carbocycles. The Balaban J connectivity index is 0.939. The van der Waals surface area contributed by atoms with Crippen LogP contribution in [0, 0.1) is 11.3 Å². The lowest BCUT2D eigenvalue weighted by molar-refractivity contribution is -0.134. The molecular weight excluding hydrogens is 606 g/mol. The third-order valence-electron chi connectivity index (χ3n) is 8.95. The molecule has 6 rings (SSSR count). The summed E-state index contributed by atoms with van der Waals surface area (Å²) >= 11 is 6.12. The number of rotatable bonds is 8. The number of carbonyl (C=O) groups excluding carboxylic acids is 3. The number of imide groups is 1. The van der Waals surface area contributed by atoms with Crippen molar-refractivity contribution in [1.29, 1.82) is 5.26 Å². The molecular formula is C34H36ClN7O4. The highest BCUT2D eigenvalue weighted by Gasteiger charge is 2.29. The molecule has 0 radical (unpaired) electrons. The predicted octanol–water partition coefficient (Wildman–Crippen LogP) is 3.96. The molecule has 11 nitrogen and oxygen atoms in total. The number of amides is 3. The third-order valence-corrected chi connectivity index (χ3v) is 9.26. The maximum absolute atomic E-state index is 12.9. The van der Waals surface area contributed by atoms with Crippen LogP contribution in [0.3, 0.4) is 0 Å². The van der Waals surface area contributed by atoms with Gasteiger partial charge in [-0.25, -0.2) is 0 Å². The normalized spacial score (nSPS) is 22.1. The summed E-state index contributed by atoms with van der Waals surface area (Å²) in [6.45, 7) is 4.03. The monoisotopic (exact) mass is 641 g/mol. The zero-order valence-corrected chi connectivity index (χ0v) is 26.2. The fraction of sp³-hybridized carbons (Fsp3) is 0.412. The number of hydrogen-bond donors (Lipinski definition) is 2. The van der Waals surface area contributed by atoms with Gasteiger partial charge in [-0.05, 0) is 67.5 Å². The van der Waals surface area contributed by atoms with Crippen molar-refractivity contribution < 1.29 is 19.1 Å². The van der Waals surface area contributed by atoms with Crippen LogP contribution in [0.4, 0.5) is 5.82 Å². The van der Waals surface area contributed by atoms with Gasteiger partial charge in [0.05, 0.1) is 22.6 Å². The predicted molar refractivity (Wildman–Crippen MR) is 171 cm³/mol. The number of piperazine rings is 1. The van der Waals surface area contributed by atoms with Crippen molar-refractivity contribution in [3.63, 3.8) is 0 Å². The van der Waals surface area contributed by atoms with Gasteiger partial charge in [0, 0.05) is 51.3 Å². The van der Waals surface area contributed by atoms with Crippen molar-refractivity contribution in [3.05, 3.63) is 82.0 Å². The molecule has 3 aromatic rings. The number of anilines is 1. The average Bonchev–Trinajstić information content (AvgIpc) is 3.06. The first-order chi connectivity index (χ1) is 22.3. The number of nitrogens with one attached hydrogen (secondary N) is 2. The first-order valence-corrected chi connectivity index (χ1v) is 16.1. The molecule has 1 unspecified atom stereocenters. The van der Waals surface area contributed by atoms with Crippen molar-refractivity contribution in [3.8, 4) is 11.8 Å². The largest absolute Gasteiger partial charge is 0.490 e. The van der Waals surface area contributed by atoms with Gasteiger partial charge in [-0.15, -0.1) is 10.2 Å². The van der Waals surface area contributed by atoms with Gasteiger partial charge in [0.25, 0.3) is 5.91 Å². The van der Waals surface area contributed by atoms with E-state index in [1.807, 2.05) is 24.3 Å². The molecule has 238 valence electrons. The van der Waals surface area contributed by atoms with E-state index in [4.69, 9.17) is 21.6 Å². The number of ether oxygens (including phenoxy) is 1. The van der Waals surface area contributed by atoms with Crippen LogP contribution in [0.1, 0.15) is 71.6 Å². The molecule has 46 heavy (non-hydrogen) atoms. The van der Waals surface area contributed by atoms with Crippen LogP contribution >= 0.6 is 11.6 Å². The minimum absolute atomic E-state index is 0.0275. The molecule has 0 bridgehead atoms. The summed E-state index contributed by atoms with van der Waals surface area (Å²) in [4.78, 5) is 41.3. The Morgan fingerprint density at radius 2 is 1.80 bits per heavy atom. The molecule has 1 aliphatic carbocycles. The summed E-state index contributed by atoms with van der Waals surface area (Å²) in [5, 5.41) is 23.6. The molecule has 2 aliphatic heterocycles. The van der Waals surface area contributed by atoms with Crippen LogP contribution in [-0.4, -0.2) is 71.1 Å². The fourth-order valence-corrected chi connectivity index (χ4v) is 6.58. The van der Waals surface area contributed by atoms with E-state index in [-0.39, 0.29) is 35.8 Å². The molecule has 2 N–H and O–H groups in total. The first kappa shape index (κ1) is 31.5. The summed E-state index contributed by atoms with van der Waals surface area (Å²) in [5.74, 6) is 0.460. The van der Waals surface area contributed by atoms with Gasteiger partial charge in [0.15, 0.2) is 11.5 Å². The number of benzene rings is 2. The SMILES string of the molecule is N#Cc1ccc(OC2CCC(NC(=O)c3ccc(N4CCN(Cc5cccc(C6CCC(=O)NC6=O)c5)CC4)nn3)CC2)cc1Cl. The van der Waals surface area contributed by atoms with Crippen molar-refractivity contribution in [2.45, 2.75) is 63.1 Å². The lowest BCUT2D eigenvalue weighted by atomic mass is 9.89. The minimum atomic E-state index is -0.283. The molecule has 2 aromatic carbocycles. The van der Waals surface area contributed by atoms with E-state index < -0.39 is 0 Å². The summed E-state index contributed by atoms with van der Waals surface area (Å²) in [6.07, 6.45) is 4.11. The van der Waals surface area contributed by atoms with Gasteiger partial charge in [-0.1, -0.05) is 35.9 Å². The van der Waals surface area contributed by atoms with Crippen molar-refractivity contribution >= 4 is 35.1 Å². The summed E-state index contributed by atoms with van der Waals surface area (Å²) in [5.41, 5.74) is 2.81. The van der Waals surface area contributed by atoms with Gasteiger partial charge in [0.2, 0.25) is 11.8 Å². The molecule has 3 aliphatic rings. The van der Waals surface area contributed by atoms with Gasteiger partial charge in [0.1, 0.15) is 11.8 Å². The number of nitrogens with zero attached hydrogens (tertiary/aromatic N) is 5. The number of nitriles is 1. The fourth-order valence-electron chi connectivity index (χ4n) is 6.36.